The van der Waals surface area contributed by atoms with Gasteiger partial charge in [0.25, 0.3) is 0 Å². The summed E-state index contributed by atoms with van der Waals surface area (Å²) in [7, 11) is 3.53. The summed E-state index contributed by atoms with van der Waals surface area (Å²) in [5.74, 6) is 2.46. The molecular formula is C26H40N2O2. The molecule has 30 heavy (non-hydrogen) atoms. The van der Waals surface area contributed by atoms with Crippen molar-refractivity contribution in [3.63, 3.8) is 0 Å². The monoisotopic (exact) mass is 412 g/mol. The van der Waals surface area contributed by atoms with E-state index in [1.54, 1.807) is 14.2 Å². The van der Waals surface area contributed by atoms with E-state index in [1.807, 2.05) is 0 Å². The first-order valence-corrected chi connectivity index (χ1v) is 11.3. The van der Waals surface area contributed by atoms with Crippen molar-refractivity contribution in [3.8, 4) is 11.5 Å². The average molecular weight is 413 g/mol. The third kappa shape index (κ3) is 5.03. The number of hydrogen-bond donors (Lipinski definition) is 0. The van der Waals surface area contributed by atoms with Gasteiger partial charge in [0.1, 0.15) is 11.5 Å². The third-order valence-corrected chi connectivity index (χ3v) is 6.03. The molecular weight excluding hydrogens is 372 g/mol. The summed E-state index contributed by atoms with van der Waals surface area (Å²) in [5, 5.41) is 0. The minimum atomic E-state index is 0.186. The molecule has 0 radical (unpaired) electrons. The van der Waals surface area contributed by atoms with Gasteiger partial charge in [-0.2, -0.15) is 0 Å². The van der Waals surface area contributed by atoms with Crippen LogP contribution in [-0.4, -0.2) is 40.4 Å². The Morgan fingerprint density at radius 1 is 0.667 bits per heavy atom. The van der Waals surface area contributed by atoms with Crippen LogP contribution in [0.1, 0.15) is 58.6 Å². The highest BCUT2D eigenvalue weighted by Gasteiger charge is 2.26. The zero-order valence-corrected chi connectivity index (χ0v) is 20.2. The normalized spacial score (nSPS) is 11.1. The van der Waals surface area contributed by atoms with Gasteiger partial charge in [0.05, 0.1) is 14.2 Å². The number of methoxy groups -OCH3 is 2. The van der Waals surface area contributed by atoms with E-state index >= 15 is 0 Å². The first-order chi connectivity index (χ1) is 14.4. The maximum absolute atomic E-state index is 5.87. The van der Waals surface area contributed by atoms with E-state index < -0.39 is 0 Å². The molecule has 0 fully saturated rings. The lowest BCUT2D eigenvalue weighted by Gasteiger charge is -2.29. The van der Waals surface area contributed by atoms with Crippen LogP contribution in [0.15, 0.2) is 36.4 Å². The van der Waals surface area contributed by atoms with E-state index in [9.17, 15) is 0 Å². The Kier molecular flexibility index (Phi) is 8.88. The molecule has 0 aromatic heterocycles. The van der Waals surface area contributed by atoms with Gasteiger partial charge in [0.2, 0.25) is 0 Å². The molecule has 0 aliphatic carbocycles. The Labute approximate surface area is 183 Å². The molecule has 0 bridgehead atoms. The molecule has 0 spiro atoms. The molecule has 4 heteroatoms. The Morgan fingerprint density at radius 2 is 1.03 bits per heavy atom. The zero-order valence-electron chi connectivity index (χ0n) is 20.2. The maximum atomic E-state index is 5.87. The van der Waals surface area contributed by atoms with Gasteiger partial charge in [-0.15, -0.1) is 0 Å². The van der Waals surface area contributed by atoms with Crippen LogP contribution >= 0.6 is 0 Å². The van der Waals surface area contributed by atoms with Gasteiger partial charge in [-0.25, -0.2) is 0 Å². The number of benzene rings is 2. The summed E-state index contributed by atoms with van der Waals surface area (Å²) in [5.41, 5.74) is 4.81. The van der Waals surface area contributed by atoms with Gasteiger partial charge in [-0.3, -0.25) is 0 Å². The molecule has 2 aromatic carbocycles. The van der Waals surface area contributed by atoms with Gasteiger partial charge in [0.15, 0.2) is 0 Å². The fourth-order valence-corrected chi connectivity index (χ4v) is 4.37. The van der Waals surface area contributed by atoms with Gasteiger partial charge in [-0.1, -0.05) is 26.0 Å². The lowest BCUT2D eigenvalue weighted by Crippen LogP contribution is -2.22. The van der Waals surface area contributed by atoms with Crippen LogP contribution in [0.2, 0.25) is 0 Å². The second-order valence-electron chi connectivity index (χ2n) is 7.92. The molecule has 4 nitrogen and oxygen atoms in total. The molecule has 0 saturated carbocycles. The lowest BCUT2D eigenvalue weighted by atomic mass is 9.81. The zero-order chi connectivity index (χ0) is 22.3. The highest BCUT2D eigenvalue weighted by molar-refractivity contribution is 5.60. The highest BCUT2D eigenvalue weighted by atomic mass is 16.5. The fourth-order valence-electron chi connectivity index (χ4n) is 4.37. The number of ether oxygens (including phenoxy) is 2. The van der Waals surface area contributed by atoms with Crippen molar-refractivity contribution in [2.75, 3.05) is 50.2 Å². The molecule has 0 heterocycles. The van der Waals surface area contributed by atoms with Gasteiger partial charge in [-0.05, 0) is 45.7 Å². The SMILES string of the molecule is CCN(CC)c1ccc(C(c2ccc(N(CC)CC)cc2OC)C(C)C)c(OC)c1. The molecule has 0 aliphatic rings. The molecule has 2 aromatic rings. The number of hydrogen-bond acceptors (Lipinski definition) is 4. The van der Waals surface area contributed by atoms with Crippen molar-refractivity contribution in [2.24, 2.45) is 5.92 Å². The molecule has 2 rings (SSSR count). The van der Waals surface area contributed by atoms with E-state index in [0.29, 0.717) is 5.92 Å². The summed E-state index contributed by atoms with van der Waals surface area (Å²) in [6.07, 6.45) is 0. The summed E-state index contributed by atoms with van der Waals surface area (Å²) in [6, 6.07) is 13.3. The van der Waals surface area contributed by atoms with Crippen LogP contribution in [0.3, 0.4) is 0 Å². The summed E-state index contributed by atoms with van der Waals surface area (Å²) < 4.78 is 11.7. The minimum Gasteiger partial charge on any atom is -0.496 e. The Balaban J connectivity index is 2.57. The Morgan fingerprint density at radius 3 is 1.30 bits per heavy atom. The van der Waals surface area contributed by atoms with Crippen molar-refractivity contribution < 1.29 is 9.47 Å². The predicted octanol–water partition coefficient (Wildman–Crippen LogP) is 6.18. The second-order valence-corrected chi connectivity index (χ2v) is 7.92. The molecule has 0 atom stereocenters. The van der Waals surface area contributed by atoms with Gasteiger partial charge >= 0.3 is 0 Å². The van der Waals surface area contributed by atoms with Gasteiger partial charge in [0, 0.05) is 66.7 Å². The van der Waals surface area contributed by atoms with Crippen LogP contribution in [0.25, 0.3) is 0 Å². The smallest absolute Gasteiger partial charge is 0.124 e. The van der Waals surface area contributed by atoms with E-state index in [0.717, 1.165) is 37.7 Å². The van der Waals surface area contributed by atoms with E-state index in [2.05, 4.69) is 87.7 Å². The van der Waals surface area contributed by atoms with E-state index in [-0.39, 0.29) is 5.92 Å². The Bertz CT molecular complexity index is 732. The number of nitrogens with zero attached hydrogens (tertiary/aromatic N) is 2. The fraction of sp³-hybridized carbons (Fsp3) is 0.538. The number of anilines is 2. The van der Waals surface area contributed by atoms with Crippen LogP contribution in [0, 0.1) is 5.92 Å². The van der Waals surface area contributed by atoms with Crippen molar-refractivity contribution >= 4 is 11.4 Å². The van der Waals surface area contributed by atoms with E-state index in [4.69, 9.17) is 9.47 Å². The summed E-state index contributed by atoms with van der Waals surface area (Å²) in [6.45, 7) is 17.2. The van der Waals surface area contributed by atoms with Crippen molar-refractivity contribution in [1.29, 1.82) is 0 Å². The summed E-state index contributed by atoms with van der Waals surface area (Å²) in [4.78, 5) is 4.69. The lowest BCUT2D eigenvalue weighted by molar-refractivity contribution is 0.390. The number of rotatable bonds is 11. The first kappa shape index (κ1) is 23.9. The maximum Gasteiger partial charge on any atom is 0.124 e. The minimum absolute atomic E-state index is 0.186. The standard InChI is InChI=1S/C26H40N2O2/c1-9-27(10-2)20-13-15-22(24(17-20)29-7)26(19(5)6)23-16-14-21(18-25(23)30-8)28(11-3)12-4/h13-19,26H,9-12H2,1-8H3. The molecule has 0 aliphatic heterocycles. The van der Waals surface area contributed by atoms with Crippen molar-refractivity contribution in [3.05, 3.63) is 47.5 Å². The van der Waals surface area contributed by atoms with Crippen molar-refractivity contribution in [2.45, 2.75) is 47.5 Å². The summed E-state index contributed by atoms with van der Waals surface area (Å²) >= 11 is 0. The third-order valence-electron chi connectivity index (χ3n) is 6.03. The van der Waals surface area contributed by atoms with Crippen molar-refractivity contribution in [1.82, 2.24) is 0 Å². The largest absolute Gasteiger partial charge is 0.496 e. The molecule has 166 valence electrons. The Hall–Kier alpha value is -2.36. The van der Waals surface area contributed by atoms with Crippen LogP contribution in [-0.2, 0) is 0 Å². The topological polar surface area (TPSA) is 24.9 Å². The van der Waals surface area contributed by atoms with Crippen LogP contribution in [0.5, 0.6) is 11.5 Å². The van der Waals surface area contributed by atoms with E-state index in [1.165, 1.54) is 22.5 Å². The predicted molar refractivity (Wildman–Crippen MR) is 130 cm³/mol. The molecule has 0 N–H and O–H groups in total. The highest BCUT2D eigenvalue weighted by Crippen LogP contribution is 2.43. The molecule has 0 unspecified atom stereocenters. The quantitative estimate of drug-likeness (QED) is 0.440. The molecule has 0 saturated heterocycles. The molecule has 0 amide bonds. The second kappa shape index (κ2) is 11.1. The average Bonchev–Trinajstić information content (AvgIpc) is 2.76. The first-order valence-electron chi connectivity index (χ1n) is 11.3. The van der Waals surface area contributed by atoms with Crippen LogP contribution in [0.4, 0.5) is 11.4 Å². The van der Waals surface area contributed by atoms with Gasteiger partial charge < -0.3 is 19.3 Å². The van der Waals surface area contributed by atoms with Crippen LogP contribution < -0.4 is 19.3 Å².